The van der Waals surface area contributed by atoms with E-state index in [0.717, 1.165) is 32.7 Å². The second-order valence-electron chi connectivity index (χ2n) is 5.84. The van der Waals surface area contributed by atoms with Gasteiger partial charge in [0.05, 0.1) is 6.10 Å². The van der Waals surface area contributed by atoms with Gasteiger partial charge in [0.15, 0.2) is 0 Å². The maximum absolute atomic E-state index is 11.8. The fourth-order valence-electron chi connectivity index (χ4n) is 2.37. The van der Waals surface area contributed by atoms with Crippen LogP contribution in [0.1, 0.15) is 22.8 Å². The van der Waals surface area contributed by atoms with Gasteiger partial charge in [-0.2, -0.15) is 0 Å². The number of likely N-dealkylation sites (N-methyl/N-ethyl adjacent to an activating group) is 1. The molecule has 0 bridgehead atoms. The Morgan fingerprint density at radius 2 is 1.86 bits per heavy atom. The minimum absolute atomic E-state index is 0.137. The molecule has 1 saturated heterocycles. The van der Waals surface area contributed by atoms with E-state index in [1.807, 2.05) is 24.3 Å². The molecule has 5 heteroatoms. The Kier molecular flexibility index (Phi) is 5.73. The molecule has 21 heavy (non-hydrogen) atoms. The fraction of sp³-hybridized carbons (Fsp3) is 0.562. The molecule has 1 aromatic carbocycles. The van der Waals surface area contributed by atoms with Gasteiger partial charge in [-0.3, -0.25) is 9.69 Å². The number of nitrogens with zero attached hydrogens (tertiary/aromatic N) is 2. The highest BCUT2D eigenvalue weighted by Gasteiger charge is 2.14. The van der Waals surface area contributed by atoms with E-state index in [2.05, 4.69) is 22.2 Å². The van der Waals surface area contributed by atoms with Gasteiger partial charge in [0, 0.05) is 44.8 Å². The molecule has 0 aliphatic carbocycles. The number of amides is 1. The monoisotopic (exact) mass is 291 g/mol. The van der Waals surface area contributed by atoms with Gasteiger partial charge in [-0.15, -0.1) is 0 Å². The summed E-state index contributed by atoms with van der Waals surface area (Å²) in [6.07, 6.45) is -0.523. The van der Waals surface area contributed by atoms with Crippen LogP contribution < -0.4 is 5.32 Å². The molecule has 1 aliphatic rings. The molecule has 1 atom stereocenters. The summed E-state index contributed by atoms with van der Waals surface area (Å²) in [5, 5.41) is 11.9. The number of benzene rings is 1. The standard InChI is InChI=1S/C16H25N3O2/c1-13(20)11-17-16(21)15-5-3-14(4-6-15)12-19-9-7-18(2)8-10-19/h3-6,13,20H,7-12H2,1-2H3,(H,17,21). The van der Waals surface area contributed by atoms with Crippen LogP contribution in [0.3, 0.4) is 0 Å². The van der Waals surface area contributed by atoms with Crippen LogP contribution in [0.4, 0.5) is 0 Å². The number of carbonyl (C=O) groups excluding carboxylic acids is 1. The molecule has 0 spiro atoms. The molecule has 1 aliphatic heterocycles. The molecule has 1 unspecified atom stereocenters. The zero-order chi connectivity index (χ0) is 15.2. The maximum atomic E-state index is 11.8. The molecule has 0 saturated carbocycles. The van der Waals surface area contributed by atoms with Crippen LogP contribution in [0.5, 0.6) is 0 Å². The molecule has 2 rings (SSSR count). The molecule has 116 valence electrons. The lowest BCUT2D eigenvalue weighted by molar-refractivity contribution is 0.0924. The van der Waals surface area contributed by atoms with Crippen molar-refractivity contribution in [1.82, 2.24) is 15.1 Å². The van der Waals surface area contributed by atoms with Crippen LogP contribution in [0.25, 0.3) is 0 Å². The fourth-order valence-corrected chi connectivity index (χ4v) is 2.37. The number of piperazine rings is 1. The summed E-state index contributed by atoms with van der Waals surface area (Å²) in [7, 11) is 2.15. The summed E-state index contributed by atoms with van der Waals surface area (Å²) < 4.78 is 0. The van der Waals surface area contributed by atoms with E-state index in [1.165, 1.54) is 5.56 Å². The van der Waals surface area contributed by atoms with Crippen molar-refractivity contribution in [2.75, 3.05) is 39.8 Å². The van der Waals surface area contributed by atoms with Crippen LogP contribution in [-0.2, 0) is 6.54 Å². The third kappa shape index (κ3) is 5.12. The van der Waals surface area contributed by atoms with Gasteiger partial charge < -0.3 is 15.3 Å². The summed E-state index contributed by atoms with van der Waals surface area (Å²) in [4.78, 5) is 16.6. The summed E-state index contributed by atoms with van der Waals surface area (Å²) in [5.74, 6) is -0.137. The first-order valence-corrected chi connectivity index (χ1v) is 7.50. The highest BCUT2D eigenvalue weighted by atomic mass is 16.3. The molecular weight excluding hydrogens is 266 g/mol. The molecule has 1 amide bonds. The summed E-state index contributed by atoms with van der Waals surface area (Å²) in [5.41, 5.74) is 1.87. The number of carbonyl (C=O) groups is 1. The predicted octanol–water partition coefficient (Wildman–Crippen LogP) is 0.545. The largest absolute Gasteiger partial charge is 0.392 e. The van der Waals surface area contributed by atoms with Crippen LogP contribution in [-0.4, -0.2) is 66.7 Å². The van der Waals surface area contributed by atoms with Crippen molar-refractivity contribution in [3.8, 4) is 0 Å². The Hall–Kier alpha value is -1.43. The van der Waals surface area contributed by atoms with Gasteiger partial charge in [-0.25, -0.2) is 0 Å². The van der Waals surface area contributed by atoms with Crippen molar-refractivity contribution in [2.45, 2.75) is 19.6 Å². The third-order valence-electron chi connectivity index (χ3n) is 3.78. The zero-order valence-electron chi connectivity index (χ0n) is 12.9. The highest BCUT2D eigenvalue weighted by molar-refractivity contribution is 5.94. The van der Waals surface area contributed by atoms with E-state index in [9.17, 15) is 4.79 Å². The Balaban J connectivity index is 1.85. The van der Waals surface area contributed by atoms with Gasteiger partial charge in [0.2, 0.25) is 0 Å². The molecule has 0 radical (unpaired) electrons. The van der Waals surface area contributed by atoms with E-state index in [0.29, 0.717) is 5.56 Å². The van der Waals surface area contributed by atoms with Crippen molar-refractivity contribution in [3.63, 3.8) is 0 Å². The van der Waals surface area contributed by atoms with Crippen molar-refractivity contribution in [1.29, 1.82) is 0 Å². The zero-order valence-corrected chi connectivity index (χ0v) is 12.9. The SMILES string of the molecule is CC(O)CNC(=O)c1ccc(CN2CCN(C)CC2)cc1. The van der Waals surface area contributed by atoms with Crippen LogP contribution in [0.2, 0.25) is 0 Å². The number of nitrogens with one attached hydrogen (secondary N) is 1. The van der Waals surface area contributed by atoms with Gasteiger partial charge in [-0.05, 0) is 31.7 Å². The Morgan fingerprint density at radius 1 is 1.24 bits per heavy atom. The Labute approximate surface area is 126 Å². The molecule has 1 heterocycles. The number of aliphatic hydroxyl groups excluding tert-OH is 1. The molecule has 5 nitrogen and oxygen atoms in total. The van der Waals surface area contributed by atoms with E-state index in [1.54, 1.807) is 6.92 Å². The number of rotatable bonds is 5. The quantitative estimate of drug-likeness (QED) is 0.831. The molecule has 0 aromatic heterocycles. The van der Waals surface area contributed by atoms with Crippen LogP contribution in [0.15, 0.2) is 24.3 Å². The topological polar surface area (TPSA) is 55.8 Å². The molecule has 1 aromatic rings. The summed E-state index contributed by atoms with van der Waals surface area (Å²) in [6.45, 7) is 7.27. The first-order chi connectivity index (χ1) is 10.0. The average Bonchev–Trinajstić information content (AvgIpc) is 2.48. The van der Waals surface area contributed by atoms with E-state index in [-0.39, 0.29) is 12.5 Å². The first-order valence-electron chi connectivity index (χ1n) is 7.50. The predicted molar refractivity (Wildman–Crippen MR) is 83.2 cm³/mol. The highest BCUT2D eigenvalue weighted by Crippen LogP contribution is 2.09. The molecule has 2 N–H and O–H groups in total. The third-order valence-corrected chi connectivity index (χ3v) is 3.78. The second kappa shape index (κ2) is 7.54. The lowest BCUT2D eigenvalue weighted by Crippen LogP contribution is -2.43. The number of hydrogen-bond acceptors (Lipinski definition) is 4. The number of hydrogen-bond donors (Lipinski definition) is 2. The van der Waals surface area contributed by atoms with Crippen molar-refractivity contribution >= 4 is 5.91 Å². The molecule has 1 fully saturated rings. The summed E-state index contributed by atoms with van der Waals surface area (Å²) >= 11 is 0. The minimum Gasteiger partial charge on any atom is -0.392 e. The lowest BCUT2D eigenvalue weighted by atomic mass is 10.1. The van der Waals surface area contributed by atoms with Crippen LogP contribution >= 0.6 is 0 Å². The van der Waals surface area contributed by atoms with E-state index in [4.69, 9.17) is 5.11 Å². The normalized spacial score (nSPS) is 18.4. The first kappa shape index (κ1) is 15.9. The average molecular weight is 291 g/mol. The Morgan fingerprint density at radius 3 is 2.43 bits per heavy atom. The van der Waals surface area contributed by atoms with Crippen molar-refractivity contribution < 1.29 is 9.90 Å². The number of aliphatic hydroxyl groups is 1. The summed E-state index contributed by atoms with van der Waals surface area (Å²) in [6, 6.07) is 7.72. The Bertz CT molecular complexity index is 451. The van der Waals surface area contributed by atoms with Crippen molar-refractivity contribution in [3.05, 3.63) is 35.4 Å². The van der Waals surface area contributed by atoms with E-state index < -0.39 is 6.10 Å². The van der Waals surface area contributed by atoms with Crippen molar-refractivity contribution in [2.24, 2.45) is 0 Å². The smallest absolute Gasteiger partial charge is 0.251 e. The second-order valence-corrected chi connectivity index (χ2v) is 5.84. The lowest BCUT2D eigenvalue weighted by Gasteiger charge is -2.32. The van der Waals surface area contributed by atoms with Gasteiger partial charge in [-0.1, -0.05) is 12.1 Å². The maximum Gasteiger partial charge on any atom is 0.251 e. The molecular formula is C16H25N3O2. The van der Waals surface area contributed by atoms with Gasteiger partial charge >= 0.3 is 0 Å². The van der Waals surface area contributed by atoms with E-state index >= 15 is 0 Å². The van der Waals surface area contributed by atoms with Gasteiger partial charge in [0.1, 0.15) is 0 Å². The van der Waals surface area contributed by atoms with Crippen LogP contribution in [0, 0.1) is 0 Å². The minimum atomic E-state index is -0.523. The van der Waals surface area contributed by atoms with Gasteiger partial charge in [0.25, 0.3) is 5.91 Å².